The maximum absolute atomic E-state index is 13.1. The highest BCUT2D eigenvalue weighted by molar-refractivity contribution is 6.07. The minimum absolute atomic E-state index is 0.182. The third kappa shape index (κ3) is 4.54. The zero-order chi connectivity index (χ0) is 23.3. The Kier molecular flexibility index (Phi) is 5.82. The Morgan fingerprint density at radius 2 is 1.41 bits per heavy atom. The number of rotatable bonds is 7. The number of nitrogens with one attached hydrogen (secondary N) is 2. The van der Waals surface area contributed by atoms with Crippen LogP contribution in [0.15, 0.2) is 106 Å². The van der Waals surface area contributed by atoms with Crippen LogP contribution >= 0.6 is 0 Å². The van der Waals surface area contributed by atoms with Crippen molar-refractivity contribution in [1.29, 1.82) is 0 Å². The summed E-state index contributed by atoms with van der Waals surface area (Å²) < 4.78 is 16.9. The lowest BCUT2D eigenvalue weighted by molar-refractivity contribution is 0.0988. The molecule has 34 heavy (non-hydrogen) atoms. The molecule has 0 radical (unpaired) electrons. The van der Waals surface area contributed by atoms with E-state index in [9.17, 15) is 9.59 Å². The average molecular weight is 452 g/mol. The highest BCUT2D eigenvalue weighted by Crippen LogP contribution is 2.28. The first-order chi connectivity index (χ1) is 16.7. The summed E-state index contributed by atoms with van der Waals surface area (Å²) in [5.41, 5.74) is 2.39. The van der Waals surface area contributed by atoms with Crippen LogP contribution in [0.4, 0.5) is 11.4 Å². The maximum Gasteiger partial charge on any atom is 0.291 e. The number of fused-ring (bicyclic) bond motifs is 1. The Labute approximate surface area is 195 Å². The van der Waals surface area contributed by atoms with E-state index >= 15 is 0 Å². The summed E-state index contributed by atoms with van der Waals surface area (Å²) in [5, 5.41) is 6.40. The molecule has 0 aliphatic carbocycles. The molecule has 3 aromatic carbocycles. The number of amides is 2. The number of benzene rings is 3. The van der Waals surface area contributed by atoms with Crippen LogP contribution in [-0.4, -0.2) is 11.8 Å². The van der Waals surface area contributed by atoms with E-state index in [1.807, 2.05) is 54.6 Å². The molecule has 0 saturated carbocycles. The quantitative estimate of drug-likeness (QED) is 0.311. The number of furan rings is 2. The summed E-state index contributed by atoms with van der Waals surface area (Å²) in [5.74, 6) is 0.355. The molecule has 7 heteroatoms. The Bertz CT molecular complexity index is 1420. The summed E-state index contributed by atoms with van der Waals surface area (Å²) >= 11 is 0. The van der Waals surface area contributed by atoms with Crippen molar-refractivity contribution >= 4 is 34.2 Å². The highest BCUT2D eigenvalue weighted by Gasteiger charge is 2.21. The molecule has 0 fully saturated rings. The lowest BCUT2D eigenvalue weighted by atomic mass is 10.1. The van der Waals surface area contributed by atoms with Gasteiger partial charge in [0.2, 0.25) is 0 Å². The van der Waals surface area contributed by atoms with E-state index < -0.39 is 5.91 Å². The van der Waals surface area contributed by atoms with Crippen LogP contribution in [-0.2, 0) is 6.61 Å². The summed E-state index contributed by atoms with van der Waals surface area (Å²) in [6.45, 7) is 0.182. The first-order valence-electron chi connectivity index (χ1n) is 10.6. The molecule has 0 aliphatic heterocycles. The number of anilines is 2. The van der Waals surface area contributed by atoms with Crippen LogP contribution in [0.3, 0.4) is 0 Å². The lowest BCUT2D eigenvalue weighted by Gasteiger charge is -2.09. The maximum atomic E-state index is 13.1. The summed E-state index contributed by atoms with van der Waals surface area (Å²) in [6, 6.07) is 26.8. The third-order valence-electron chi connectivity index (χ3n) is 5.18. The Hall–Kier alpha value is -4.78. The van der Waals surface area contributed by atoms with E-state index in [0.29, 0.717) is 28.3 Å². The molecule has 0 bridgehead atoms. The molecule has 7 nitrogen and oxygen atoms in total. The number of carbonyl (C=O) groups excluding carboxylic acids is 2. The van der Waals surface area contributed by atoms with Gasteiger partial charge in [-0.15, -0.1) is 0 Å². The van der Waals surface area contributed by atoms with Crippen LogP contribution in [0.5, 0.6) is 5.75 Å². The van der Waals surface area contributed by atoms with E-state index in [-0.39, 0.29) is 24.0 Å². The van der Waals surface area contributed by atoms with Gasteiger partial charge in [0.05, 0.1) is 6.26 Å². The Morgan fingerprint density at radius 1 is 0.735 bits per heavy atom. The first kappa shape index (κ1) is 21.1. The SMILES string of the molecule is O=C(Nc1ccc(NC(=O)c2oc3ccccc3c2COc2ccccc2)cc1)c1ccco1. The molecule has 0 spiro atoms. The fourth-order valence-electron chi connectivity index (χ4n) is 3.52. The summed E-state index contributed by atoms with van der Waals surface area (Å²) in [7, 11) is 0. The number of hydrogen-bond acceptors (Lipinski definition) is 5. The topological polar surface area (TPSA) is 93.7 Å². The van der Waals surface area contributed by atoms with Gasteiger partial charge in [-0.25, -0.2) is 0 Å². The standard InChI is InChI=1S/C27H20N2O5/c30-26(24-11-6-16-32-24)28-18-12-14-19(15-13-18)29-27(31)25-22(17-33-20-7-2-1-3-8-20)21-9-4-5-10-23(21)34-25/h1-16H,17H2,(H,28,30)(H,29,31). The fraction of sp³-hybridized carbons (Fsp3) is 0.0370. The van der Waals surface area contributed by atoms with E-state index in [1.165, 1.54) is 6.26 Å². The van der Waals surface area contributed by atoms with Gasteiger partial charge in [0, 0.05) is 22.3 Å². The van der Waals surface area contributed by atoms with Gasteiger partial charge in [0.15, 0.2) is 11.5 Å². The minimum atomic E-state index is -0.393. The zero-order valence-corrected chi connectivity index (χ0v) is 18.0. The molecule has 0 saturated heterocycles. The highest BCUT2D eigenvalue weighted by atomic mass is 16.5. The van der Waals surface area contributed by atoms with Crippen LogP contribution < -0.4 is 15.4 Å². The molecule has 5 aromatic rings. The van der Waals surface area contributed by atoms with Gasteiger partial charge in [0.1, 0.15) is 17.9 Å². The second kappa shape index (κ2) is 9.38. The largest absolute Gasteiger partial charge is 0.489 e. The van der Waals surface area contributed by atoms with Gasteiger partial charge in [-0.1, -0.05) is 36.4 Å². The Morgan fingerprint density at radius 3 is 2.12 bits per heavy atom. The summed E-state index contributed by atoms with van der Waals surface area (Å²) in [4.78, 5) is 25.2. The van der Waals surface area contributed by atoms with E-state index in [1.54, 1.807) is 36.4 Å². The first-order valence-corrected chi connectivity index (χ1v) is 10.6. The smallest absolute Gasteiger partial charge is 0.291 e. The van der Waals surface area contributed by atoms with E-state index in [2.05, 4.69) is 10.6 Å². The van der Waals surface area contributed by atoms with Gasteiger partial charge in [-0.2, -0.15) is 0 Å². The molecule has 2 amide bonds. The van der Waals surface area contributed by atoms with E-state index in [0.717, 1.165) is 5.39 Å². The molecule has 0 aliphatic rings. The minimum Gasteiger partial charge on any atom is -0.489 e. The van der Waals surface area contributed by atoms with Crippen LogP contribution in [0.25, 0.3) is 11.0 Å². The number of ether oxygens (including phenoxy) is 1. The van der Waals surface area contributed by atoms with Crippen molar-refractivity contribution in [2.24, 2.45) is 0 Å². The average Bonchev–Trinajstić information content (AvgIpc) is 3.53. The van der Waals surface area contributed by atoms with Crippen molar-refractivity contribution in [3.05, 3.63) is 114 Å². The molecule has 0 unspecified atom stereocenters. The van der Waals surface area contributed by atoms with Gasteiger partial charge in [-0.05, 0) is 54.6 Å². The third-order valence-corrected chi connectivity index (χ3v) is 5.18. The van der Waals surface area contributed by atoms with Crippen molar-refractivity contribution < 1.29 is 23.2 Å². The van der Waals surface area contributed by atoms with Crippen molar-refractivity contribution in [1.82, 2.24) is 0 Å². The number of para-hydroxylation sites is 2. The fourth-order valence-corrected chi connectivity index (χ4v) is 3.52. The molecular weight excluding hydrogens is 432 g/mol. The van der Waals surface area contributed by atoms with Crippen molar-refractivity contribution in [3.8, 4) is 5.75 Å². The second-order valence-corrected chi connectivity index (χ2v) is 7.47. The predicted octanol–water partition coefficient (Wildman–Crippen LogP) is 6.11. The zero-order valence-electron chi connectivity index (χ0n) is 18.0. The Balaban J connectivity index is 1.32. The molecule has 168 valence electrons. The second-order valence-electron chi connectivity index (χ2n) is 7.47. The number of carbonyl (C=O) groups is 2. The monoisotopic (exact) mass is 452 g/mol. The van der Waals surface area contributed by atoms with Crippen LogP contribution in [0, 0.1) is 0 Å². The molecule has 2 heterocycles. The van der Waals surface area contributed by atoms with Gasteiger partial charge in [0.25, 0.3) is 11.8 Å². The summed E-state index contributed by atoms with van der Waals surface area (Å²) in [6.07, 6.45) is 1.44. The van der Waals surface area contributed by atoms with Crippen LogP contribution in [0.2, 0.25) is 0 Å². The predicted molar refractivity (Wildman–Crippen MR) is 128 cm³/mol. The van der Waals surface area contributed by atoms with Gasteiger partial charge < -0.3 is 24.2 Å². The van der Waals surface area contributed by atoms with Crippen molar-refractivity contribution in [2.75, 3.05) is 10.6 Å². The van der Waals surface area contributed by atoms with Crippen LogP contribution in [0.1, 0.15) is 26.7 Å². The lowest BCUT2D eigenvalue weighted by Crippen LogP contribution is -2.14. The van der Waals surface area contributed by atoms with Gasteiger partial charge >= 0.3 is 0 Å². The molecule has 0 atom stereocenters. The van der Waals surface area contributed by atoms with Crippen molar-refractivity contribution in [3.63, 3.8) is 0 Å². The molecule has 5 rings (SSSR count). The number of hydrogen-bond donors (Lipinski definition) is 2. The van der Waals surface area contributed by atoms with E-state index in [4.69, 9.17) is 13.6 Å². The van der Waals surface area contributed by atoms with Gasteiger partial charge in [-0.3, -0.25) is 9.59 Å². The van der Waals surface area contributed by atoms with Crippen molar-refractivity contribution in [2.45, 2.75) is 6.61 Å². The molecule has 2 aromatic heterocycles. The molecular formula is C27H20N2O5. The normalized spacial score (nSPS) is 10.7. The molecule has 2 N–H and O–H groups in total.